The maximum Gasteiger partial charge on any atom is 0.315 e. The van der Waals surface area contributed by atoms with E-state index in [0.717, 1.165) is 5.56 Å². The molecule has 0 unspecified atom stereocenters. The van der Waals surface area contributed by atoms with Gasteiger partial charge in [-0.05, 0) is 25.3 Å². The van der Waals surface area contributed by atoms with E-state index in [9.17, 15) is 18.7 Å². The fraction of sp³-hybridized carbons (Fsp3) is 0.588. The standard InChI is InChI=1S/C17H25F2N3O2/c1-17(24,13-5-3-2-4-6-13)12-20-16(23)21-14-7-9-22(10-8-14)11-15(18)19/h2-6,14-15,24H,7-12H2,1H3,(H2,20,21,23)/t17-/m0/s1. The molecule has 2 rings (SSSR count). The second-order valence-electron chi connectivity index (χ2n) is 6.43. The van der Waals surface area contributed by atoms with Gasteiger partial charge in [-0.1, -0.05) is 30.3 Å². The summed E-state index contributed by atoms with van der Waals surface area (Å²) in [4.78, 5) is 13.7. The lowest BCUT2D eigenvalue weighted by molar-refractivity contribution is 0.0587. The average Bonchev–Trinajstić information content (AvgIpc) is 2.55. The molecule has 1 aliphatic rings. The molecule has 0 spiro atoms. The number of hydrogen-bond donors (Lipinski definition) is 3. The van der Waals surface area contributed by atoms with Gasteiger partial charge in [-0.15, -0.1) is 0 Å². The maximum absolute atomic E-state index is 12.3. The highest BCUT2D eigenvalue weighted by Gasteiger charge is 2.25. The Morgan fingerprint density at radius 1 is 1.33 bits per heavy atom. The van der Waals surface area contributed by atoms with Crippen molar-refractivity contribution >= 4 is 6.03 Å². The van der Waals surface area contributed by atoms with Gasteiger partial charge in [-0.3, -0.25) is 4.90 Å². The molecule has 0 bridgehead atoms. The van der Waals surface area contributed by atoms with Crippen LogP contribution in [0.2, 0.25) is 0 Å². The van der Waals surface area contributed by atoms with Crippen molar-refractivity contribution in [2.75, 3.05) is 26.2 Å². The van der Waals surface area contributed by atoms with Crippen molar-refractivity contribution in [1.29, 1.82) is 0 Å². The molecule has 24 heavy (non-hydrogen) atoms. The van der Waals surface area contributed by atoms with Gasteiger partial charge in [-0.2, -0.15) is 0 Å². The van der Waals surface area contributed by atoms with Crippen LogP contribution < -0.4 is 10.6 Å². The minimum Gasteiger partial charge on any atom is -0.384 e. The molecule has 1 aromatic rings. The topological polar surface area (TPSA) is 64.6 Å². The molecular weight excluding hydrogens is 316 g/mol. The molecule has 1 saturated heterocycles. The monoisotopic (exact) mass is 341 g/mol. The summed E-state index contributed by atoms with van der Waals surface area (Å²) in [5.74, 6) is 0. The highest BCUT2D eigenvalue weighted by Crippen LogP contribution is 2.19. The van der Waals surface area contributed by atoms with E-state index in [1.54, 1.807) is 24.0 Å². The number of likely N-dealkylation sites (tertiary alicyclic amines) is 1. The normalized spacial score (nSPS) is 19.0. The van der Waals surface area contributed by atoms with E-state index in [-0.39, 0.29) is 25.2 Å². The van der Waals surface area contributed by atoms with E-state index < -0.39 is 12.0 Å². The number of amides is 2. The van der Waals surface area contributed by atoms with Crippen LogP contribution in [0.25, 0.3) is 0 Å². The Labute approximate surface area is 141 Å². The second-order valence-corrected chi connectivity index (χ2v) is 6.43. The number of halogens is 2. The van der Waals surface area contributed by atoms with Gasteiger partial charge >= 0.3 is 6.03 Å². The number of aliphatic hydroxyl groups is 1. The third kappa shape index (κ3) is 5.72. The summed E-state index contributed by atoms with van der Waals surface area (Å²) in [6, 6.07) is 8.75. The quantitative estimate of drug-likeness (QED) is 0.741. The molecule has 0 saturated carbocycles. The fourth-order valence-corrected chi connectivity index (χ4v) is 2.84. The molecule has 1 atom stereocenters. The summed E-state index contributed by atoms with van der Waals surface area (Å²) in [5.41, 5.74) is -0.426. The molecule has 0 aliphatic carbocycles. The number of carbonyl (C=O) groups excluding carboxylic acids is 1. The SMILES string of the molecule is C[C@](O)(CNC(=O)NC1CCN(CC(F)F)CC1)c1ccccc1. The van der Waals surface area contributed by atoms with Crippen LogP contribution in [0.4, 0.5) is 13.6 Å². The minimum absolute atomic E-state index is 0.0272. The molecule has 0 radical (unpaired) electrons. The Morgan fingerprint density at radius 2 is 1.96 bits per heavy atom. The van der Waals surface area contributed by atoms with Gasteiger partial charge in [0.1, 0.15) is 5.60 Å². The molecular formula is C17H25F2N3O2. The number of piperidine rings is 1. The summed E-state index contributed by atoms with van der Waals surface area (Å²) in [6.07, 6.45) is -1.03. The lowest BCUT2D eigenvalue weighted by Gasteiger charge is -2.32. The zero-order valence-electron chi connectivity index (χ0n) is 13.8. The van der Waals surface area contributed by atoms with Gasteiger partial charge < -0.3 is 15.7 Å². The number of benzene rings is 1. The number of carbonyl (C=O) groups is 1. The number of nitrogens with one attached hydrogen (secondary N) is 2. The van der Waals surface area contributed by atoms with Crippen LogP contribution in [0.3, 0.4) is 0 Å². The lowest BCUT2D eigenvalue weighted by Crippen LogP contribution is -2.50. The molecule has 3 N–H and O–H groups in total. The number of urea groups is 1. The molecule has 1 aliphatic heterocycles. The van der Waals surface area contributed by atoms with E-state index in [2.05, 4.69) is 10.6 Å². The smallest absolute Gasteiger partial charge is 0.315 e. The third-order valence-electron chi connectivity index (χ3n) is 4.31. The van der Waals surface area contributed by atoms with Crippen molar-refractivity contribution in [1.82, 2.24) is 15.5 Å². The predicted molar refractivity (Wildman–Crippen MR) is 88.0 cm³/mol. The van der Waals surface area contributed by atoms with Gasteiger partial charge in [0.25, 0.3) is 6.43 Å². The molecule has 5 nitrogen and oxygen atoms in total. The zero-order valence-corrected chi connectivity index (χ0v) is 13.8. The van der Waals surface area contributed by atoms with Gasteiger partial charge in [0.15, 0.2) is 0 Å². The van der Waals surface area contributed by atoms with Crippen LogP contribution >= 0.6 is 0 Å². The van der Waals surface area contributed by atoms with Crippen molar-refractivity contribution in [3.63, 3.8) is 0 Å². The second kappa shape index (κ2) is 8.39. The van der Waals surface area contributed by atoms with E-state index in [1.807, 2.05) is 18.2 Å². The summed E-state index contributed by atoms with van der Waals surface area (Å²) < 4.78 is 24.7. The summed E-state index contributed by atoms with van der Waals surface area (Å²) in [6.45, 7) is 2.63. The van der Waals surface area contributed by atoms with E-state index in [0.29, 0.717) is 25.9 Å². The average molecular weight is 341 g/mol. The fourth-order valence-electron chi connectivity index (χ4n) is 2.84. The van der Waals surface area contributed by atoms with E-state index in [4.69, 9.17) is 0 Å². The highest BCUT2D eigenvalue weighted by atomic mass is 19.3. The van der Waals surface area contributed by atoms with Gasteiger partial charge in [0, 0.05) is 19.1 Å². The Bertz CT molecular complexity index is 518. The van der Waals surface area contributed by atoms with Crippen LogP contribution in [0, 0.1) is 0 Å². The van der Waals surface area contributed by atoms with Crippen molar-refractivity contribution < 1.29 is 18.7 Å². The highest BCUT2D eigenvalue weighted by molar-refractivity contribution is 5.74. The maximum atomic E-state index is 12.3. The van der Waals surface area contributed by atoms with Gasteiger partial charge in [0.05, 0.1) is 13.1 Å². The Hall–Kier alpha value is -1.73. The summed E-state index contributed by atoms with van der Waals surface area (Å²) in [7, 11) is 0. The summed E-state index contributed by atoms with van der Waals surface area (Å²) in [5, 5.41) is 16.0. The Balaban J connectivity index is 1.72. The predicted octanol–water partition coefficient (Wildman–Crippen LogP) is 1.92. The van der Waals surface area contributed by atoms with Crippen molar-refractivity contribution in [2.24, 2.45) is 0 Å². The van der Waals surface area contributed by atoms with Crippen LogP contribution in [-0.2, 0) is 5.60 Å². The molecule has 134 valence electrons. The molecule has 7 heteroatoms. The Kier molecular flexibility index (Phi) is 6.51. The van der Waals surface area contributed by atoms with Crippen LogP contribution in [-0.4, -0.2) is 54.7 Å². The number of rotatable bonds is 6. The number of hydrogen-bond acceptors (Lipinski definition) is 3. The first-order chi connectivity index (χ1) is 11.4. The minimum atomic E-state index is -2.32. The summed E-state index contributed by atoms with van der Waals surface area (Å²) >= 11 is 0. The van der Waals surface area contributed by atoms with E-state index >= 15 is 0 Å². The Morgan fingerprint density at radius 3 is 2.54 bits per heavy atom. The van der Waals surface area contributed by atoms with Crippen LogP contribution in [0.15, 0.2) is 30.3 Å². The van der Waals surface area contributed by atoms with Gasteiger partial charge in [-0.25, -0.2) is 13.6 Å². The number of alkyl halides is 2. The molecule has 2 amide bonds. The van der Waals surface area contributed by atoms with Crippen molar-refractivity contribution in [3.05, 3.63) is 35.9 Å². The zero-order chi connectivity index (χ0) is 17.6. The largest absolute Gasteiger partial charge is 0.384 e. The number of nitrogens with zero attached hydrogens (tertiary/aromatic N) is 1. The molecule has 0 aromatic heterocycles. The molecule has 1 heterocycles. The first-order valence-electron chi connectivity index (χ1n) is 8.19. The molecule has 1 aromatic carbocycles. The van der Waals surface area contributed by atoms with Crippen molar-refractivity contribution in [3.8, 4) is 0 Å². The van der Waals surface area contributed by atoms with Crippen LogP contribution in [0.1, 0.15) is 25.3 Å². The van der Waals surface area contributed by atoms with Crippen molar-refractivity contribution in [2.45, 2.75) is 37.8 Å². The lowest BCUT2D eigenvalue weighted by atomic mass is 9.96. The third-order valence-corrected chi connectivity index (χ3v) is 4.31. The molecule has 1 fully saturated rings. The van der Waals surface area contributed by atoms with E-state index in [1.165, 1.54) is 0 Å². The van der Waals surface area contributed by atoms with Gasteiger partial charge in [0.2, 0.25) is 0 Å². The first kappa shape index (κ1) is 18.6. The van der Waals surface area contributed by atoms with Crippen LogP contribution in [0.5, 0.6) is 0 Å². The first-order valence-corrected chi connectivity index (χ1v) is 8.19.